The third kappa shape index (κ3) is 3.47. The number of rotatable bonds is 5. The molecular formula is C13H19NO4S. The van der Waals surface area contributed by atoms with Crippen LogP contribution in [0.1, 0.15) is 29.8 Å². The summed E-state index contributed by atoms with van der Waals surface area (Å²) in [4.78, 5) is 11.1. The molecule has 0 aliphatic rings. The summed E-state index contributed by atoms with van der Waals surface area (Å²) >= 11 is 0. The molecule has 1 aromatic rings. The fourth-order valence-electron chi connectivity index (χ4n) is 1.51. The van der Waals surface area contributed by atoms with Gasteiger partial charge in [0.25, 0.3) is 0 Å². The highest BCUT2D eigenvalue weighted by Crippen LogP contribution is 2.23. The molecule has 0 aliphatic carbocycles. The van der Waals surface area contributed by atoms with Crippen molar-refractivity contribution in [2.75, 3.05) is 18.1 Å². The largest absolute Gasteiger partial charge is 0.478 e. The molecule has 5 nitrogen and oxygen atoms in total. The van der Waals surface area contributed by atoms with Crippen molar-refractivity contribution in [1.29, 1.82) is 0 Å². The molecular weight excluding hydrogens is 266 g/mol. The van der Waals surface area contributed by atoms with Gasteiger partial charge in [-0.3, -0.25) is 0 Å². The summed E-state index contributed by atoms with van der Waals surface area (Å²) in [5.74, 6) is -1.04. The molecule has 1 rings (SSSR count). The van der Waals surface area contributed by atoms with Crippen molar-refractivity contribution < 1.29 is 18.3 Å². The predicted molar refractivity (Wildman–Crippen MR) is 75.6 cm³/mol. The molecule has 2 N–H and O–H groups in total. The molecule has 106 valence electrons. The van der Waals surface area contributed by atoms with E-state index in [9.17, 15) is 13.2 Å². The van der Waals surface area contributed by atoms with Gasteiger partial charge in [0.15, 0.2) is 9.84 Å². The first-order chi connectivity index (χ1) is 8.56. The van der Waals surface area contributed by atoms with Crippen molar-refractivity contribution in [2.45, 2.75) is 25.5 Å². The number of hydrogen-bond donors (Lipinski definition) is 2. The van der Waals surface area contributed by atoms with Crippen molar-refractivity contribution in [3.05, 3.63) is 29.3 Å². The normalized spacial score (nSPS) is 12.2. The van der Waals surface area contributed by atoms with Crippen molar-refractivity contribution in [1.82, 2.24) is 0 Å². The highest BCUT2D eigenvalue weighted by atomic mass is 32.2. The topological polar surface area (TPSA) is 83.5 Å². The molecule has 6 heteroatoms. The quantitative estimate of drug-likeness (QED) is 0.863. The molecule has 0 heterocycles. The van der Waals surface area contributed by atoms with Gasteiger partial charge < -0.3 is 10.4 Å². The monoisotopic (exact) mass is 285 g/mol. The summed E-state index contributed by atoms with van der Waals surface area (Å²) in [6.07, 6.45) is 1.17. The number of sulfone groups is 1. The van der Waals surface area contributed by atoms with Crippen LogP contribution in [-0.2, 0) is 9.84 Å². The zero-order valence-corrected chi connectivity index (χ0v) is 12.3. The Morgan fingerprint density at radius 3 is 2.42 bits per heavy atom. The summed E-state index contributed by atoms with van der Waals surface area (Å²) < 4.78 is 22.3. The lowest BCUT2D eigenvalue weighted by Crippen LogP contribution is -2.38. The number of hydrogen-bond acceptors (Lipinski definition) is 4. The highest BCUT2D eigenvalue weighted by Gasteiger charge is 2.30. The van der Waals surface area contributed by atoms with Crippen molar-refractivity contribution in [3.63, 3.8) is 0 Å². The van der Waals surface area contributed by atoms with E-state index in [1.54, 1.807) is 32.9 Å². The van der Waals surface area contributed by atoms with Crippen molar-refractivity contribution in [2.24, 2.45) is 0 Å². The van der Waals surface area contributed by atoms with Crippen LogP contribution in [0.2, 0.25) is 0 Å². The average Bonchev–Trinajstić information content (AvgIpc) is 2.25. The maximum Gasteiger partial charge on any atom is 0.337 e. The Bertz CT molecular complexity index is 591. The minimum absolute atomic E-state index is 0.143. The molecule has 1 aromatic carbocycles. The zero-order valence-electron chi connectivity index (χ0n) is 11.5. The lowest BCUT2D eigenvalue weighted by atomic mass is 10.1. The predicted octanol–water partition coefficient (Wildman–Crippen LogP) is 1.93. The van der Waals surface area contributed by atoms with Crippen LogP contribution in [0.5, 0.6) is 0 Å². The minimum Gasteiger partial charge on any atom is -0.478 e. The standard InChI is InChI=1S/C13H19NO4S/c1-9-6-5-7-10(12(15)16)11(9)14-8-13(2,3)19(4,17)18/h5-7,14H,8H2,1-4H3,(H,15,16). The van der Waals surface area contributed by atoms with Gasteiger partial charge >= 0.3 is 5.97 Å². The lowest BCUT2D eigenvalue weighted by Gasteiger charge is -2.24. The van der Waals surface area contributed by atoms with E-state index in [2.05, 4.69) is 5.32 Å². The van der Waals surface area contributed by atoms with Gasteiger partial charge in [0.05, 0.1) is 16.0 Å². The van der Waals surface area contributed by atoms with Crippen LogP contribution >= 0.6 is 0 Å². The first kappa shape index (κ1) is 15.5. The molecule has 0 radical (unpaired) electrons. The molecule has 0 aromatic heterocycles. The fourth-order valence-corrected chi connectivity index (χ4v) is 1.85. The van der Waals surface area contributed by atoms with Gasteiger partial charge in [-0.25, -0.2) is 13.2 Å². The number of carbonyl (C=O) groups is 1. The Hall–Kier alpha value is -1.56. The molecule has 0 bridgehead atoms. The van der Waals surface area contributed by atoms with Crippen LogP contribution in [0.15, 0.2) is 18.2 Å². The van der Waals surface area contributed by atoms with E-state index in [1.807, 2.05) is 0 Å². The third-order valence-corrected chi connectivity index (χ3v) is 5.35. The maximum atomic E-state index is 11.6. The van der Waals surface area contributed by atoms with Gasteiger partial charge in [0.1, 0.15) is 0 Å². The molecule has 0 amide bonds. The number of nitrogens with one attached hydrogen (secondary N) is 1. The molecule has 0 fully saturated rings. The number of aromatic carboxylic acids is 1. The summed E-state index contributed by atoms with van der Waals surface area (Å²) in [5, 5.41) is 12.1. The number of carboxylic acids is 1. The van der Waals surface area contributed by atoms with Crippen LogP contribution in [0.4, 0.5) is 5.69 Å². The summed E-state index contributed by atoms with van der Waals surface area (Å²) in [6, 6.07) is 4.93. The molecule has 0 aliphatic heterocycles. The van der Waals surface area contributed by atoms with Crippen LogP contribution in [0, 0.1) is 6.92 Å². The summed E-state index contributed by atoms with van der Waals surface area (Å²) in [5.41, 5.74) is 1.38. The number of benzene rings is 1. The second kappa shape index (κ2) is 5.21. The smallest absolute Gasteiger partial charge is 0.337 e. The van der Waals surface area contributed by atoms with E-state index in [1.165, 1.54) is 12.3 Å². The SMILES string of the molecule is Cc1cccc(C(=O)O)c1NCC(C)(C)S(C)(=O)=O. The Labute approximate surface area is 113 Å². The van der Waals surface area contributed by atoms with E-state index in [-0.39, 0.29) is 12.1 Å². The number of anilines is 1. The van der Waals surface area contributed by atoms with E-state index in [0.717, 1.165) is 5.56 Å². The van der Waals surface area contributed by atoms with E-state index >= 15 is 0 Å². The second-order valence-electron chi connectivity index (χ2n) is 5.19. The Morgan fingerprint density at radius 2 is 1.95 bits per heavy atom. The van der Waals surface area contributed by atoms with Crippen LogP contribution in [0.3, 0.4) is 0 Å². The van der Waals surface area contributed by atoms with Crippen LogP contribution in [-0.4, -0.2) is 37.0 Å². The summed E-state index contributed by atoms with van der Waals surface area (Å²) in [7, 11) is -3.23. The lowest BCUT2D eigenvalue weighted by molar-refractivity contribution is 0.0698. The van der Waals surface area contributed by atoms with Crippen molar-refractivity contribution in [3.8, 4) is 0 Å². The zero-order chi connectivity index (χ0) is 14.8. The fraction of sp³-hybridized carbons (Fsp3) is 0.462. The third-order valence-electron chi connectivity index (χ3n) is 3.20. The maximum absolute atomic E-state index is 11.6. The van der Waals surface area contributed by atoms with Gasteiger partial charge in [-0.2, -0.15) is 0 Å². The van der Waals surface area contributed by atoms with Gasteiger partial charge in [-0.05, 0) is 32.4 Å². The first-order valence-corrected chi connectivity index (χ1v) is 7.72. The molecule has 0 atom stereocenters. The molecule has 0 spiro atoms. The van der Waals surface area contributed by atoms with Crippen LogP contribution < -0.4 is 5.32 Å². The van der Waals surface area contributed by atoms with Gasteiger partial charge in [-0.1, -0.05) is 12.1 Å². The van der Waals surface area contributed by atoms with Crippen LogP contribution in [0.25, 0.3) is 0 Å². The van der Waals surface area contributed by atoms with E-state index in [4.69, 9.17) is 5.11 Å². The Balaban J connectivity index is 3.05. The Kier molecular flexibility index (Phi) is 4.25. The first-order valence-electron chi connectivity index (χ1n) is 5.82. The molecule has 0 unspecified atom stereocenters. The number of carboxylic acid groups (broad SMARTS) is 1. The molecule has 19 heavy (non-hydrogen) atoms. The second-order valence-corrected chi connectivity index (χ2v) is 7.84. The van der Waals surface area contributed by atoms with E-state index < -0.39 is 20.6 Å². The molecule has 0 saturated heterocycles. The average molecular weight is 285 g/mol. The van der Waals surface area contributed by atoms with E-state index in [0.29, 0.717) is 5.69 Å². The van der Waals surface area contributed by atoms with Gasteiger partial charge in [0.2, 0.25) is 0 Å². The summed E-state index contributed by atoms with van der Waals surface area (Å²) in [6.45, 7) is 5.14. The van der Waals surface area contributed by atoms with Crippen molar-refractivity contribution >= 4 is 21.5 Å². The van der Waals surface area contributed by atoms with Gasteiger partial charge in [0, 0.05) is 12.8 Å². The minimum atomic E-state index is -3.23. The van der Waals surface area contributed by atoms with Gasteiger partial charge in [-0.15, -0.1) is 0 Å². The highest BCUT2D eigenvalue weighted by molar-refractivity contribution is 7.92. The number of aryl methyl sites for hydroxylation is 1. The molecule has 0 saturated carbocycles. The Morgan fingerprint density at radius 1 is 1.37 bits per heavy atom. The number of para-hydroxylation sites is 1.